The highest BCUT2D eigenvalue weighted by atomic mass is 16.5. The Bertz CT molecular complexity index is 1020. The summed E-state index contributed by atoms with van der Waals surface area (Å²) in [7, 11) is 0. The van der Waals surface area contributed by atoms with Gasteiger partial charge in [-0.15, -0.1) is 0 Å². The maximum Gasteiger partial charge on any atom is 0.222 e. The second-order valence-corrected chi connectivity index (χ2v) is 18.5. The van der Waals surface area contributed by atoms with Crippen molar-refractivity contribution in [3.63, 3.8) is 0 Å². The first-order chi connectivity index (χ1) is 25.7. The summed E-state index contributed by atoms with van der Waals surface area (Å²) in [6, 6.07) is 0. The van der Waals surface area contributed by atoms with E-state index in [0.717, 1.165) is 97.1 Å². The van der Waals surface area contributed by atoms with Crippen LogP contribution in [0, 0.1) is 46.3 Å². The number of amides is 1. The van der Waals surface area contributed by atoms with Crippen molar-refractivity contribution < 1.29 is 19.0 Å². The lowest BCUT2D eigenvalue weighted by Gasteiger charge is -2.65. The predicted molar refractivity (Wildman–Crippen MR) is 219 cm³/mol. The minimum absolute atomic E-state index is 0.0550. The van der Waals surface area contributed by atoms with Crippen LogP contribution in [0.25, 0.3) is 0 Å². The fourth-order valence-corrected chi connectivity index (χ4v) is 12.1. The fraction of sp³-hybridized carbons (Fsp3) is 0.978. The van der Waals surface area contributed by atoms with Crippen molar-refractivity contribution in [2.75, 3.05) is 52.5 Å². The average molecular weight is 747 g/mol. The Labute approximate surface area is 326 Å². The summed E-state index contributed by atoms with van der Waals surface area (Å²) in [4.78, 5) is 16.1. The quantitative estimate of drug-likeness (QED) is 0.0759. The van der Waals surface area contributed by atoms with Crippen LogP contribution in [-0.4, -0.2) is 81.7 Å². The number of hydrogen-bond acceptors (Lipinski definition) is 7. The van der Waals surface area contributed by atoms with Crippen LogP contribution in [-0.2, 0) is 19.0 Å². The second kappa shape index (κ2) is 22.8. The third kappa shape index (κ3) is 11.4. The van der Waals surface area contributed by atoms with Gasteiger partial charge in [-0.1, -0.05) is 73.1 Å². The molecule has 0 heterocycles. The van der Waals surface area contributed by atoms with Gasteiger partial charge in [0, 0.05) is 44.7 Å². The van der Waals surface area contributed by atoms with E-state index in [9.17, 15) is 4.79 Å². The maximum absolute atomic E-state index is 13.9. The Morgan fingerprint density at radius 3 is 1.98 bits per heavy atom. The number of unbranched alkanes of at least 4 members (excludes halogenated alkanes) is 6. The van der Waals surface area contributed by atoms with Crippen LogP contribution in [0.4, 0.5) is 0 Å². The number of carbonyl (C=O) groups is 1. The van der Waals surface area contributed by atoms with Gasteiger partial charge in [-0.2, -0.15) is 0 Å². The molecule has 0 aliphatic heterocycles. The molecule has 0 radical (unpaired) electrons. The third-order valence-electron chi connectivity index (χ3n) is 15.2. The molecule has 4 aliphatic rings. The van der Waals surface area contributed by atoms with E-state index < -0.39 is 0 Å². The molecule has 8 nitrogen and oxygen atoms in total. The Morgan fingerprint density at radius 2 is 1.36 bits per heavy atom. The van der Waals surface area contributed by atoms with E-state index in [2.05, 4.69) is 39.5 Å². The van der Waals surface area contributed by atoms with Gasteiger partial charge in [-0.05, 0) is 144 Å². The van der Waals surface area contributed by atoms with Crippen LogP contribution in [0.1, 0.15) is 163 Å². The average Bonchev–Trinajstić information content (AvgIpc) is 3.51. The van der Waals surface area contributed by atoms with Crippen molar-refractivity contribution in [1.82, 2.24) is 4.90 Å². The summed E-state index contributed by atoms with van der Waals surface area (Å²) in [5.41, 5.74) is 18.1. The normalized spacial score (nSPS) is 34.3. The molecule has 0 saturated heterocycles. The van der Waals surface area contributed by atoms with Gasteiger partial charge < -0.3 is 36.3 Å². The molecule has 6 N–H and O–H groups in total. The minimum atomic E-state index is 0.0550. The Morgan fingerprint density at radius 1 is 0.736 bits per heavy atom. The van der Waals surface area contributed by atoms with E-state index in [-0.39, 0.29) is 23.0 Å². The third-order valence-corrected chi connectivity index (χ3v) is 15.2. The molecule has 0 aromatic rings. The Balaban J connectivity index is 1.54. The van der Waals surface area contributed by atoms with Gasteiger partial charge in [0.05, 0.1) is 18.3 Å². The molecule has 0 aromatic heterocycles. The molecular weight excluding hydrogens is 661 g/mol. The van der Waals surface area contributed by atoms with Gasteiger partial charge in [-0.25, -0.2) is 0 Å². The lowest BCUT2D eigenvalue weighted by Crippen LogP contribution is -2.63. The monoisotopic (exact) mass is 747 g/mol. The molecule has 310 valence electrons. The molecule has 8 heteroatoms. The fourth-order valence-electron chi connectivity index (χ4n) is 12.1. The van der Waals surface area contributed by atoms with Gasteiger partial charge >= 0.3 is 0 Å². The molecule has 5 unspecified atom stereocenters. The SMILES string of the molecule is CCCCCCN(CCCCCC)C(=O)CCC(C)C1CC[C@H]2C3[C@H](OCCCN)CC4CC(OCCCN)CC[C@]4(C)[C@H]3C[C@H](OCCCN)[C@]12C. The molecule has 1 amide bonds. The molecule has 0 bridgehead atoms. The van der Waals surface area contributed by atoms with E-state index in [1.54, 1.807) is 0 Å². The smallest absolute Gasteiger partial charge is 0.222 e. The van der Waals surface area contributed by atoms with Crippen molar-refractivity contribution in [2.45, 2.75) is 181 Å². The summed E-state index contributed by atoms with van der Waals surface area (Å²) in [6.45, 7) is 18.3. The van der Waals surface area contributed by atoms with Gasteiger partial charge in [0.15, 0.2) is 0 Å². The summed E-state index contributed by atoms with van der Waals surface area (Å²) in [5.74, 6) is 3.63. The van der Waals surface area contributed by atoms with Crippen molar-refractivity contribution in [3.05, 3.63) is 0 Å². The highest BCUT2D eigenvalue weighted by Gasteiger charge is 2.66. The summed E-state index contributed by atoms with van der Waals surface area (Å²) in [5, 5.41) is 0. The second-order valence-electron chi connectivity index (χ2n) is 18.5. The van der Waals surface area contributed by atoms with Crippen molar-refractivity contribution in [2.24, 2.45) is 63.5 Å². The molecule has 0 aromatic carbocycles. The van der Waals surface area contributed by atoms with Crippen LogP contribution in [0.3, 0.4) is 0 Å². The lowest BCUT2D eigenvalue weighted by molar-refractivity contribution is -0.227. The molecule has 4 aliphatic carbocycles. The molecular formula is C45H86N4O4. The molecule has 4 rings (SSSR count). The van der Waals surface area contributed by atoms with Crippen molar-refractivity contribution >= 4 is 5.91 Å². The van der Waals surface area contributed by atoms with Crippen LogP contribution >= 0.6 is 0 Å². The highest BCUT2D eigenvalue weighted by molar-refractivity contribution is 5.76. The summed E-state index contributed by atoms with van der Waals surface area (Å²) >= 11 is 0. The van der Waals surface area contributed by atoms with Gasteiger partial charge in [-0.3, -0.25) is 4.79 Å². The topological polar surface area (TPSA) is 126 Å². The first-order valence-corrected chi connectivity index (χ1v) is 22.9. The largest absolute Gasteiger partial charge is 0.378 e. The zero-order valence-corrected chi connectivity index (χ0v) is 35.3. The predicted octanol–water partition coefficient (Wildman–Crippen LogP) is 8.47. The molecule has 4 saturated carbocycles. The van der Waals surface area contributed by atoms with Crippen LogP contribution in [0.2, 0.25) is 0 Å². The van der Waals surface area contributed by atoms with Gasteiger partial charge in [0.1, 0.15) is 0 Å². The van der Waals surface area contributed by atoms with Crippen LogP contribution < -0.4 is 17.2 Å². The number of fused-ring (bicyclic) bond motifs is 5. The summed E-state index contributed by atoms with van der Waals surface area (Å²) in [6.07, 6.45) is 23.0. The van der Waals surface area contributed by atoms with E-state index in [4.69, 9.17) is 31.4 Å². The summed E-state index contributed by atoms with van der Waals surface area (Å²) < 4.78 is 20.4. The number of carbonyl (C=O) groups excluding carboxylic acids is 1. The first kappa shape index (κ1) is 44.9. The number of nitrogens with two attached hydrogens (primary N) is 3. The van der Waals surface area contributed by atoms with Gasteiger partial charge in [0.2, 0.25) is 5.91 Å². The number of hydrogen-bond donors (Lipinski definition) is 3. The van der Waals surface area contributed by atoms with E-state index in [0.29, 0.717) is 73.6 Å². The zero-order chi connectivity index (χ0) is 38.3. The van der Waals surface area contributed by atoms with E-state index in [1.807, 2.05) is 0 Å². The first-order valence-electron chi connectivity index (χ1n) is 22.9. The van der Waals surface area contributed by atoms with Gasteiger partial charge in [0.25, 0.3) is 0 Å². The van der Waals surface area contributed by atoms with E-state index in [1.165, 1.54) is 57.8 Å². The minimum Gasteiger partial charge on any atom is -0.378 e. The zero-order valence-electron chi connectivity index (χ0n) is 35.3. The number of ether oxygens (including phenoxy) is 3. The Hall–Kier alpha value is -0.770. The van der Waals surface area contributed by atoms with Crippen LogP contribution in [0.5, 0.6) is 0 Å². The highest BCUT2D eigenvalue weighted by Crippen LogP contribution is 2.69. The number of rotatable bonds is 26. The van der Waals surface area contributed by atoms with Crippen molar-refractivity contribution in [3.8, 4) is 0 Å². The Kier molecular flexibility index (Phi) is 19.4. The maximum atomic E-state index is 13.9. The molecule has 0 spiro atoms. The lowest BCUT2D eigenvalue weighted by atomic mass is 9.43. The molecule has 53 heavy (non-hydrogen) atoms. The molecule has 4 fully saturated rings. The molecule has 11 atom stereocenters. The van der Waals surface area contributed by atoms with E-state index >= 15 is 0 Å². The number of nitrogens with zero attached hydrogens (tertiary/aromatic N) is 1. The van der Waals surface area contributed by atoms with Crippen molar-refractivity contribution in [1.29, 1.82) is 0 Å². The standard InChI is InChI=1S/C45H86N4O4/c1-6-8-10-12-26-49(27-13-11-9-7-2)42(50)20-17-34(3)37-18-19-38-43-39(33-41(45(37,38)5)53-30-16-25-48)44(4)22-21-36(51-28-14-23-46)31-35(44)32-40(43)52-29-15-24-47/h34-41,43H,6-33,46-48H2,1-5H3/t34?,35?,36?,37?,38-,39-,40+,41-,43?,44-,45+/m0/s1. The van der Waals surface area contributed by atoms with Crippen LogP contribution in [0.15, 0.2) is 0 Å².